The van der Waals surface area contributed by atoms with Crippen LogP contribution in [0.15, 0.2) is 0 Å². The van der Waals surface area contributed by atoms with Gasteiger partial charge < -0.3 is 44.3 Å². The number of nitrogens with one attached hydrogen (secondary N) is 2. The minimum atomic E-state index is -6.00. The summed E-state index contributed by atoms with van der Waals surface area (Å²) in [4.78, 5) is 3.60. The predicted octanol–water partition coefficient (Wildman–Crippen LogP) is 2.75. The maximum atomic E-state index is 9.75. The van der Waals surface area contributed by atoms with Gasteiger partial charge in [0.05, 0.1) is 39.3 Å². The first kappa shape index (κ1) is 27.7. The molecule has 2 nitrogen and oxygen atoms in total. The molecule has 2 rings (SSSR count). The fourth-order valence-corrected chi connectivity index (χ4v) is 2.81. The Bertz CT molecular complexity index is 262. The average molecular weight is 402 g/mol. The topological polar surface area (TPSA) is 8.88 Å². The van der Waals surface area contributed by atoms with Crippen molar-refractivity contribution in [2.24, 2.45) is 0 Å². The second-order valence-electron chi connectivity index (χ2n) is 6.32. The lowest BCUT2D eigenvalue weighted by Crippen LogP contribution is -3.12. The summed E-state index contributed by atoms with van der Waals surface area (Å²) in [6.45, 7) is 12.9. The Morgan fingerprint density at radius 3 is 0.808 bits per heavy atom. The highest BCUT2D eigenvalue weighted by Crippen LogP contribution is 2.07. The average Bonchev–Trinajstić information content (AvgIpc) is 2.54. The first-order valence-electron chi connectivity index (χ1n) is 9.28. The number of likely N-dealkylation sites (tertiary alicyclic amines) is 2. The van der Waals surface area contributed by atoms with Crippen LogP contribution in [0.1, 0.15) is 52.4 Å². The summed E-state index contributed by atoms with van der Waals surface area (Å²) >= 11 is 0. The van der Waals surface area contributed by atoms with Gasteiger partial charge in [0.15, 0.2) is 0 Å². The SMILES string of the molecule is CC[NH+]1CCCCC1.CC[NH+]1CCCCC1.F[B-](F)(F)F.F[B-](F)(F)F. The van der Waals surface area contributed by atoms with Crippen LogP contribution < -0.4 is 9.80 Å². The molecule has 0 saturated carbocycles. The van der Waals surface area contributed by atoms with E-state index in [2.05, 4.69) is 13.8 Å². The number of hydrogen-bond donors (Lipinski definition) is 2. The molecule has 0 radical (unpaired) electrons. The van der Waals surface area contributed by atoms with E-state index < -0.39 is 14.5 Å². The molecule has 26 heavy (non-hydrogen) atoms. The van der Waals surface area contributed by atoms with Crippen LogP contribution in [0.25, 0.3) is 0 Å². The Labute approximate surface area is 151 Å². The summed E-state index contributed by atoms with van der Waals surface area (Å²) in [5, 5.41) is 0. The highest BCUT2D eigenvalue weighted by atomic mass is 19.5. The monoisotopic (exact) mass is 402 g/mol. The van der Waals surface area contributed by atoms with E-state index in [0.717, 1.165) is 0 Å². The highest BCUT2D eigenvalue weighted by Gasteiger charge is 2.21. The quantitative estimate of drug-likeness (QED) is 0.520. The molecular formula is C14H32B2F8N2. The summed E-state index contributed by atoms with van der Waals surface area (Å²) < 4.78 is 78.0. The van der Waals surface area contributed by atoms with Crippen molar-refractivity contribution in [1.82, 2.24) is 0 Å². The van der Waals surface area contributed by atoms with E-state index in [1.807, 2.05) is 0 Å². The van der Waals surface area contributed by atoms with Crippen molar-refractivity contribution in [3.8, 4) is 0 Å². The van der Waals surface area contributed by atoms with Crippen LogP contribution in [0.5, 0.6) is 0 Å². The zero-order valence-corrected chi connectivity index (χ0v) is 15.7. The molecule has 2 aliphatic heterocycles. The van der Waals surface area contributed by atoms with E-state index in [9.17, 15) is 34.5 Å². The molecule has 0 aromatic rings. The van der Waals surface area contributed by atoms with E-state index in [1.54, 1.807) is 9.80 Å². The Morgan fingerprint density at radius 2 is 0.692 bits per heavy atom. The van der Waals surface area contributed by atoms with Crippen LogP contribution in [0.3, 0.4) is 0 Å². The molecule has 0 aromatic carbocycles. The van der Waals surface area contributed by atoms with Crippen molar-refractivity contribution >= 4 is 14.5 Å². The molecule has 2 aliphatic rings. The van der Waals surface area contributed by atoms with Gasteiger partial charge in [-0.05, 0) is 52.4 Å². The molecule has 0 aliphatic carbocycles. The van der Waals surface area contributed by atoms with E-state index in [0.29, 0.717) is 0 Å². The van der Waals surface area contributed by atoms with Crippen molar-refractivity contribution in [2.45, 2.75) is 52.4 Å². The molecule has 0 unspecified atom stereocenters. The number of halogens is 8. The van der Waals surface area contributed by atoms with E-state index in [-0.39, 0.29) is 0 Å². The minimum Gasteiger partial charge on any atom is -0.418 e. The maximum absolute atomic E-state index is 9.75. The molecule has 2 saturated heterocycles. The molecule has 0 amide bonds. The van der Waals surface area contributed by atoms with Crippen molar-refractivity contribution < 1.29 is 44.3 Å². The van der Waals surface area contributed by atoms with Crippen LogP contribution in [0.4, 0.5) is 34.5 Å². The summed E-state index contributed by atoms with van der Waals surface area (Å²) in [7, 11) is -12.0. The maximum Gasteiger partial charge on any atom is 0.673 e. The lowest BCUT2D eigenvalue weighted by molar-refractivity contribution is -0.903. The number of piperidine rings is 2. The fraction of sp³-hybridized carbons (Fsp3) is 1.00. The lowest BCUT2D eigenvalue weighted by atomic mass is 10.1. The molecule has 0 spiro atoms. The second kappa shape index (κ2) is 15.5. The van der Waals surface area contributed by atoms with Crippen molar-refractivity contribution in [3.05, 3.63) is 0 Å². The summed E-state index contributed by atoms with van der Waals surface area (Å²) in [5.41, 5.74) is 0. The third kappa shape index (κ3) is 31.3. The van der Waals surface area contributed by atoms with Crippen molar-refractivity contribution in [2.75, 3.05) is 39.3 Å². The van der Waals surface area contributed by atoms with E-state index in [1.165, 1.54) is 77.8 Å². The molecule has 0 bridgehead atoms. The standard InChI is InChI=1S/2C7H15N.2BF4/c2*1-2-8-6-4-3-5-7-8;2*2-1(3,4)5/h2*2-7H2,1H3;;/q;;2*-1/p+2. The Balaban J connectivity index is 0. The Kier molecular flexibility index (Phi) is 16.6. The largest absolute Gasteiger partial charge is 0.673 e. The highest BCUT2D eigenvalue weighted by molar-refractivity contribution is 6.50. The number of quaternary nitrogens is 2. The minimum absolute atomic E-state index is 1.33. The Morgan fingerprint density at radius 1 is 0.500 bits per heavy atom. The molecule has 0 atom stereocenters. The third-order valence-corrected chi connectivity index (χ3v) is 4.12. The van der Waals surface area contributed by atoms with Gasteiger partial charge in [0, 0.05) is 0 Å². The van der Waals surface area contributed by atoms with Gasteiger partial charge in [0.2, 0.25) is 0 Å². The van der Waals surface area contributed by atoms with Crippen LogP contribution >= 0.6 is 0 Å². The van der Waals surface area contributed by atoms with Crippen molar-refractivity contribution in [3.63, 3.8) is 0 Å². The van der Waals surface area contributed by atoms with E-state index in [4.69, 9.17) is 0 Å². The molecule has 2 heterocycles. The van der Waals surface area contributed by atoms with Gasteiger partial charge in [0.1, 0.15) is 0 Å². The summed E-state index contributed by atoms with van der Waals surface area (Å²) in [5.74, 6) is 0. The number of rotatable bonds is 2. The Hall–Kier alpha value is -0.510. The van der Waals surface area contributed by atoms with Crippen LogP contribution in [-0.4, -0.2) is 53.8 Å². The number of hydrogen-bond acceptors (Lipinski definition) is 0. The fourth-order valence-electron chi connectivity index (χ4n) is 2.81. The smallest absolute Gasteiger partial charge is 0.418 e. The van der Waals surface area contributed by atoms with Crippen LogP contribution in [-0.2, 0) is 0 Å². The molecule has 2 N–H and O–H groups in total. The molecule has 2 fully saturated rings. The first-order valence-corrected chi connectivity index (χ1v) is 9.28. The van der Waals surface area contributed by atoms with Crippen molar-refractivity contribution in [1.29, 1.82) is 0 Å². The van der Waals surface area contributed by atoms with Gasteiger partial charge in [-0.3, -0.25) is 0 Å². The second-order valence-corrected chi connectivity index (χ2v) is 6.32. The van der Waals surface area contributed by atoms with Gasteiger partial charge in [-0.2, -0.15) is 0 Å². The van der Waals surface area contributed by atoms with Gasteiger partial charge in [-0.25, -0.2) is 0 Å². The van der Waals surface area contributed by atoms with Gasteiger partial charge in [0.25, 0.3) is 0 Å². The lowest BCUT2D eigenvalue weighted by Gasteiger charge is -2.21. The van der Waals surface area contributed by atoms with E-state index >= 15 is 0 Å². The zero-order chi connectivity index (χ0) is 20.6. The van der Waals surface area contributed by atoms with Crippen LogP contribution in [0.2, 0.25) is 0 Å². The van der Waals surface area contributed by atoms with Gasteiger partial charge in [-0.15, -0.1) is 0 Å². The third-order valence-electron chi connectivity index (χ3n) is 4.12. The molecular weight excluding hydrogens is 370 g/mol. The van der Waals surface area contributed by atoms with Gasteiger partial charge >= 0.3 is 14.5 Å². The molecule has 160 valence electrons. The first-order chi connectivity index (χ1) is 11.9. The normalized spacial score (nSPS) is 19.2. The molecule has 12 heteroatoms. The van der Waals surface area contributed by atoms with Gasteiger partial charge in [-0.1, -0.05) is 0 Å². The summed E-state index contributed by atoms with van der Waals surface area (Å²) in [6, 6.07) is 0. The predicted molar refractivity (Wildman–Crippen MR) is 90.5 cm³/mol. The zero-order valence-electron chi connectivity index (χ0n) is 15.7. The summed E-state index contributed by atoms with van der Waals surface area (Å²) in [6.07, 6.45) is 8.80. The van der Waals surface area contributed by atoms with Crippen LogP contribution in [0, 0.1) is 0 Å². The molecule has 0 aromatic heterocycles.